The maximum absolute atomic E-state index is 5.52. The molecule has 1 heterocycles. The highest BCUT2D eigenvalue weighted by atomic mass is 79.9. The van der Waals surface area contributed by atoms with Crippen LogP contribution in [0.1, 0.15) is 12.5 Å². The van der Waals surface area contributed by atoms with Crippen molar-refractivity contribution in [2.75, 3.05) is 6.54 Å². The Morgan fingerprint density at radius 3 is 2.83 bits per heavy atom. The van der Waals surface area contributed by atoms with Crippen LogP contribution in [0.4, 0.5) is 0 Å². The second-order valence-corrected chi connectivity index (χ2v) is 3.89. The van der Waals surface area contributed by atoms with Gasteiger partial charge in [-0.1, -0.05) is 6.92 Å². The highest BCUT2D eigenvalue weighted by Gasteiger charge is 2.06. The fourth-order valence-corrected chi connectivity index (χ4v) is 1.30. The number of nitrogens with two attached hydrogens (primary N) is 1. The number of halogens is 1. The zero-order chi connectivity index (χ0) is 9.14. The summed E-state index contributed by atoms with van der Waals surface area (Å²) in [5.41, 5.74) is 6.69. The molecule has 1 aromatic rings. The molecular weight excluding hydrogens is 218 g/mol. The van der Waals surface area contributed by atoms with Gasteiger partial charge in [-0.25, -0.2) is 0 Å². The third kappa shape index (κ3) is 2.08. The smallest absolute Gasteiger partial charge is 0.106 e. The maximum Gasteiger partial charge on any atom is 0.106 e. The van der Waals surface area contributed by atoms with Crippen LogP contribution in [0.5, 0.6) is 0 Å². The summed E-state index contributed by atoms with van der Waals surface area (Å²) in [5, 5.41) is 4.22. The van der Waals surface area contributed by atoms with Gasteiger partial charge in [0, 0.05) is 12.1 Å². The standard InChI is InChI=1S/C8H14BrN3/c1-6(3-10)5-12-8(9)7(2)4-11-12/h4,6H,3,5,10H2,1-2H3. The van der Waals surface area contributed by atoms with Gasteiger partial charge in [-0.3, -0.25) is 4.68 Å². The van der Waals surface area contributed by atoms with Crippen molar-refractivity contribution in [3.05, 3.63) is 16.4 Å². The van der Waals surface area contributed by atoms with E-state index in [0.29, 0.717) is 12.5 Å². The van der Waals surface area contributed by atoms with Crippen LogP contribution in [0.2, 0.25) is 0 Å². The molecule has 0 aliphatic rings. The molecule has 1 unspecified atom stereocenters. The van der Waals surface area contributed by atoms with E-state index in [1.165, 1.54) is 5.56 Å². The molecule has 2 N–H and O–H groups in total. The summed E-state index contributed by atoms with van der Waals surface area (Å²) in [6, 6.07) is 0. The van der Waals surface area contributed by atoms with E-state index in [1.54, 1.807) is 0 Å². The Kier molecular flexibility index (Phi) is 3.29. The fraction of sp³-hybridized carbons (Fsp3) is 0.625. The van der Waals surface area contributed by atoms with Crippen molar-refractivity contribution in [1.82, 2.24) is 9.78 Å². The Bertz CT molecular complexity index is 257. The van der Waals surface area contributed by atoms with Crippen LogP contribution in [0.25, 0.3) is 0 Å². The lowest BCUT2D eigenvalue weighted by Gasteiger charge is -2.09. The van der Waals surface area contributed by atoms with Crippen molar-refractivity contribution in [3.63, 3.8) is 0 Å². The molecule has 0 spiro atoms. The molecule has 0 saturated carbocycles. The van der Waals surface area contributed by atoms with Crippen molar-refractivity contribution in [1.29, 1.82) is 0 Å². The summed E-state index contributed by atoms with van der Waals surface area (Å²) in [5.74, 6) is 0.473. The first-order valence-corrected chi connectivity index (χ1v) is 4.82. The molecule has 1 aromatic heterocycles. The monoisotopic (exact) mass is 231 g/mol. The van der Waals surface area contributed by atoms with E-state index in [-0.39, 0.29) is 0 Å². The van der Waals surface area contributed by atoms with Crippen LogP contribution in [0.3, 0.4) is 0 Å². The number of rotatable bonds is 3. The largest absolute Gasteiger partial charge is 0.330 e. The zero-order valence-corrected chi connectivity index (χ0v) is 9.00. The lowest BCUT2D eigenvalue weighted by atomic mass is 10.2. The molecule has 68 valence electrons. The second kappa shape index (κ2) is 4.05. The Balaban J connectivity index is 2.69. The normalized spacial score (nSPS) is 13.3. The van der Waals surface area contributed by atoms with Crippen molar-refractivity contribution in [2.24, 2.45) is 11.7 Å². The molecule has 3 nitrogen and oxygen atoms in total. The summed E-state index contributed by atoms with van der Waals surface area (Å²) < 4.78 is 3.00. The van der Waals surface area contributed by atoms with Crippen molar-refractivity contribution >= 4 is 15.9 Å². The van der Waals surface area contributed by atoms with E-state index < -0.39 is 0 Å². The van der Waals surface area contributed by atoms with Gasteiger partial charge in [-0.2, -0.15) is 5.10 Å². The van der Waals surface area contributed by atoms with Gasteiger partial charge in [0.15, 0.2) is 0 Å². The average Bonchev–Trinajstić information content (AvgIpc) is 2.36. The molecule has 0 bridgehead atoms. The van der Waals surface area contributed by atoms with Gasteiger partial charge in [0.05, 0.1) is 6.20 Å². The molecule has 0 amide bonds. The lowest BCUT2D eigenvalue weighted by molar-refractivity contribution is 0.452. The summed E-state index contributed by atoms with van der Waals surface area (Å²) >= 11 is 3.47. The lowest BCUT2D eigenvalue weighted by Crippen LogP contribution is -2.17. The molecule has 12 heavy (non-hydrogen) atoms. The molecule has 0 radical (unpaired) electrons. The molecule has 1 rings (SSSR count). The zero-order valence-electron chi connectivity index (χ0n) is 7.42. The Hall–Kier alpha value is -0.350. The molecule has 0 aromatic carbocycles. The van der Waals surface area contributed by atoms with Crippen LogP contribution in [-0.4, -0.2) is 16.3 Å². The van der Waals surface area contributed by atoms with E-state index in [4.69, 9.17) is 5.73 Å². The van der Waals surface area contributed by atoms with Gasteiger partial charge in [0.1, 0.15) is 4.60 Å². The second-order valence-electron chi connectivity index (χ2n) is 3.14. The highest BCUT2D eigenvalue weighted by molar-refractivity contribution is 9.10. The van der Waals surface area contributed by atoms with E-state index >= 15 is 0 Å². The van der Waals surface area contributed by atoms with Gasteiger partial charge in [-0.05, 0) is 35.3 Å². The van der Waals surface area contributed by atoms with E-state index in [0.717, 1.165) is 11.1 Å². The Morgan fingerprint density at radius 1 is 1.75 bits per heavy atom. The van der Waals surface area contributed by atoms with Crippen LogP contribution in [-0.2, 0) is 6.54 Å². The van der Waals surface area contributed by atoms with Crippen LogP contribution in [0.15, 0.2) is 10.8 Å². The minimum Gasteiger partial charge on any atom is -0.330 e. The molecule has 0 aliphatic carbocycles. The van der Waals surface area contributed by atoms with Crippen LogP contribution in [0, 0.1) is 12.8 Å². The third-order valence-corrected chi connectivity index (χ3v) is 2.86. The fourth-order valence-electron chi connectivity index (χ4n) is 0.961. The summed E-state index contributed by atoms with van der Waals surface area (Å²) in [7, 11) is 0. The number of nitrogens with zero attached hydrogens (tertiary/aromatic N) is 2. The summed E-state index contributed by atoms with van der Waals surface area (Å²) in [6.45, 7) is 5.72. The first-order valence-electron chi connectivity index (χ1n) is 4.03. The minimum atomic E-state index is 0.473. The molecule has 1 atom stereocenters. The van der Waals surface area contributed by atoms with E-state index in [9.17, 15) is 0 Å². The van der Waals surface area contributed by atoms with E-state index in [1.807, 2.05) is 17.8 Å². The number of aryl methyl sites for hydroxylation is 1. The van der Waals surface area contributed by atoms with Gasteiger partial charge in [0.2, 0.25) is 0 Å². The van der Waals surface area contributed by atoms with Crippen molar-refractivity contribution in [2.45, 2.75) is 20.4 Å². The number of hydrogen-bond acceptors (Lipinski definition) is 2. The molecule has 4 heteroatoms. The van der Waals surface area contributed by atoms with Crippen LogP contribution < -0.4 is 5.73 Å². The molecule has 0 fully saturated rings. The summed E-state index contributed by atoms with van der Waals surface area (Å²) in [4.78, 5) is 0. The van der Waals surface area contributed by atoms with Gasteiger partial charge in [0.25, 0.3) is 0 Å². The van der Waals surface area contributed by atoms with Gasteiger partial charge >= 0.3 is 0 Å². The Labute approximate surface area is 81.1 Å². The topological polar surface area (TPSA) is 43.8 Å². The predicted molar refractivity (Wildman–Crippen MR) is 52.9 cm³/mol. The first kappa shape index (κ1) is 9.74. The summed E-state index contributed by atoms with van der Waals surface area (Å²) in [6.07, 6.45) is 1.85. The van der Waals surface area contributed by atoms with E-state index in [2.05, 4.69) is 28.0 Å². The molecular formula is C8H14BrN3. The SMILES string of the molecule is Cc1cnn(CC(C)CN)c1Br. The van der Waals surface area contributed by atoms with Crippen LogP contribution >= 0.6 is 15.9 Å². The maximum atomic E-state index is 5.52. The van der Waals surface area contributed by atoms with Crippen molar-refractivity contribution < 1.29 is 0 Å². The van der Waals surface area contributed by atoms with Crippen molar-refractivity contribution in [3.8, 4) is 0 Å². The average molecular weight is 232 g/mol. The molecule has 0 aliphatic heterocycles. The minimum absolute atomic E-state index is 0.473. The third-order valence-electron chi connectivity index (χ3n) is 1.83. The van der Waals surface area contributed by atoms with Gasteiger partial charge in [-0.15, -0.1) is 0 Å². The predicted octanol–water partition coefficient (Wildman–Crippen LogP) is 1.55. The highest BCUT2D eigenvalue weighted by Crippen LogP contribution is 2.15. The quantitative estimate of drug-likeness (QED) is 0.859. The first-order chi connectivity index (χ1) is 5.65. The molecule has 0 saturated heterocycles. The van der Waals surface area contributed by atoms with Gasteiger partial charge < -0.3 is 5.73 Å². The Morgan fingerprint density at radius 2 is 2.42 bits per heavy atom. The number of aromatic nitrogens is 2. The number of hydrogen-bond donors (Lipinski definition) is 1.